The summed E-state index contributed by atoms with van der Waals surface area (Å²) in [6, 6.07) is 2.22. The Morgan fingerprint density at radius 3 is 2.78 bits per heavy atom. The maximum absolute atomic E-state index is 13.0. The minimum Gasteiger partial charge on any atom is -0.477 e. The highest BCUT2D eigenvalue weighted by Gasteiger charge is 2.54. The first kappa shape index (κ1) is 26.0. The van der Waals surface area contributed by atoms with Gasteiger partial charge in [-0.3, -0.25) is 14.5 Å². The first-order chi connectivity index (χ1) is 17.7. The number of β-lactam (4-membered cyclic amide) rings is 1. The molecule has 2 atom stereocenters. The van der Waals surface area contributed by atoms with Crippen molar-refractivity contribution in [2.75, 3.05) is 35.3 Å². The molecular formula is C19H18N10O5S3. The quantitative estimate of drug-likeness (QED) is 0.0642. The molecule has 0 aliphatic carbocycles. The van der Waals surface area contributed by atoms with Crippen LogP contribution in [0.25, 0.3) is 0 Å². The number of nitrogens with one attached hydrogen (secondary N) is 1. The third-order valence-corrected chi connectivity index (χ3v) is 7.95. The highest BCUT2D eigenvalue weighted by Crippen LogP contribution is 2.41. The number of thiazole rings is 1. The molecule has 0 saturated carbocycles. The fourth-order valence-electron chi connectivity index (χ4n) is 3.43. The summed E-state index contributed by atoms with van der Waals surface area (Å²) in [4.78, 5) is 55.8. The normalized spacial score (nSPS) is 19.1. The number of hydrogen-bond acceptors (Lipinski definition) is 15. The maximum atomic E-state index is 13.0. The van der Waals surface area contributed by atoms with E-state index in [0.29, 0.717) is 16.4 Å². The van der Waals surface area contributed by atoms with Crippen LogP contribution in [0.2, 0.25) is 0 Å². The van der Waals surface area contributed by atoms with Crippen LogP contribution >= 0.6 is 34.9 Å². The summed E-state index contributed by atoms with van der Waals surface area (Å²) in [7, 11) is 0. The van der Waals surface area contributed by atoms with Gasteiger partial charge in [0.2, 0.25) is 12.6 Å². The number of nitrogens with zero attached hydrogens (tertiary/aromatic N) is 6. The maximum Gasteiger partial charge on any atom is 0.352 e. The van der Waals surface area contributed by atoms with Crippen molar-refractivity contribution in [1.82, 2.24) is 25.2 Å². The van der Waals surface area contributed by atoms with Gasteiger partial charge in [0.05, 0.1) is 0 Å². The molecular weight excluding hydrogens is 544 g/mol. The molecule has 2 aliphatic rings. The zero-order valence-corrected chi connectivity index (χ0v) is 21.1. The fraction of sp³-hybridized carbons (Fsp3) is 0.263. The molecule has 15 nitrogen and oxygen atoms in total. The topological polar surface area (TPSA) is 249 Å². The Bertz CT molecular complexity index is 1350. The Morgan fingerprint density at radius 2 is 2.14 bits per heavy atom. The highest BCUT2D eigenvalue weighted by atomic mass is 32.2. The van der Waals surface area contributed by atoms with Crippen LogP contribution < -0.4 is 22.5 Å². The summed E-state index contributed by atoms with van der Waals surface area (Å²) in [5.41, 5.74) is 17.1. The second-order valence-electron chi connectivity index (χ2n) is 7.34. The molecule has 4 heterocycles. The number of carbonyl (C=O) groups excluding carboxylic acids is 2. The van der Waals surface area contributed by atoms with Gasteiger partial charge in [-0.05, 0) is 5.57 Å². The van der Waals surface area contributed by atoms with Gasteiger partial charge in [0.1, 0.15) is 39.7 Å². The number of nitrogens with two attached hydrogens (primary N) is 3. The Hall–Kier alpha value is -4.08. The van der Waals surface area contributed by atoms with E-state index >= 15 is 0 Å². The highest BCUT2D eigenvalue weighted by molar-refractivity contribution is 8.01. The van der Waals surface area contributed by atoms with Crippen LogP contribution in [0.15, 0.2) is 32.9 Å². The van der Waals surface area contributed by atoms with Crippen LogP contribution in [-0.4, -0.2) is 78.0 Å². The number of hydrogen-bond donors (Lipinski definition) is 5. The van der Waals surface area contributed by atoms with Crippen molar-refractivity contribution in [3.05, 3.63) is 28.4 Å². The van der Waals surface area contributed by atoms with E-state index in [1.807, 2.05) is 0 Å². The van der Waals surface area contributed by atoms with Crippen molar-refractivity contribution in [2.24, 2.45) is 5.16 Å². The van der Waals surface area contributed by atoms with E-state index in [2.05, 4.69) is 25.4 Å². The SMILES string of the molecule is N#CCO/N=C(/C(=O)NC1C(=O)N2C(C(=O)O)=C(CSc3cc(N)nc(N)n3)CS[C@H]12)c1csc(N)n1. The minimum absolute atomic E-state index is 0.00852. The Labute approximate surface area is 221 Å². The van der Waals surface area contributed by atoms with Gasteiger partial charge in [-0.1, -0.05) is 5.16 Å². The number of carboxylic acids is 1. The van der Waals surface area contributed by atoms with Gasteiger partial charge in [0.25, 0.3) is 11.8 Å². The van der Waals surface area contributed by atoms with Crippen molar-refractivity contribution >= 4 is 75.3 Å². The van der Waals surface area contributed by atoms with E-state index in [1.54, 1.807) is 6.07 Å². The second kappa shape index (κ2) is 10.9. The summed E-state index contributed by atoms with van der Waals surface area (Å²) in [6.45, 7) is -0.410. The number of carbonyl (C=O) groups is 3. The molecule has 2 amide bonds. The zero-order valence-electron chi connectivity index (χ0n) is 18.7. The summed E-state index contributed by atoms with van der Waals surface area (Å²) in [5, 5.41) is 26.2. The van der Waals surface area contributed by atoms with Crippen molar-refractivity contribution < 1.29 is 24.3 Å². The summed E-state index contributed by atoms with van der Waals surface area (Å²) in [5.74, 6) is -1.98. The summed E-state index contributed by atoms with van der Waals surface area (Å²) < 4.78 is 0. The molecule has 0 radical (unpaired) electrons. The van der Waals surface area contributed by atoms with E-state index in [1.165, 1.54) is 35.0 Å². The number of carboxylic acid groups (broad SMARTS) is 1. The number of nitrogen functional groups attached to an aromatic ring is 3. The lowest BCUT2D eigenvalue weighted by molar-refractivity contribution is -0.150. The van der Waals surface area contributed by atoms with Crippen LogP contribution in [-0.2, 0) is 19.2 Å². The number of amides is 2. The fourth-order valence-corrected chi connectivity index (χ4v) is 6.37. The standard InChI is InChI=1S/C19H18N10O5S3/c20-1-2-34-28-11(8-6-37-19(23)24-8)14(30)27-12-15(31)29-13(17(32)33)7(5-36-16(12)29)4-35-10-3-9(21)25-18(22)26-10/h3,6,12,16H,2,4-5H2,(H2,23,24)(H,27,30)(H,32,33)(H4,21,22,25,26)/b28-11+/t12?,16-/m1/s1. The monoisotopic (exact) mass is 562 g/mol. The molecule has 0 bridgehead atoms. The van der Waals surface area contributed by atoms with Gasteiger partial charge in [-0.2, -0.15) is 10.2 Å². The molecule has 2 aliphatic heterocycles. The predicted octanol–water partition coefficient (Wildman–Crippen LogP) is -0.545. The number of aliphatic carboxylic acids is 1. The molecule has 8 N–H and O–H groups in total. The molecule has 0 spiro atoms. The number of anilines is 3. The van der Waals surface area contributed by atoms with Gasteiger partial charge < -0.3 is 32.5 Å². The molecule has 2 aromatic heterocycles. The lowest BCUT2D eigenvalue weighted by atomic mass is 10.0. The Balaban J connectivity index is 1.50. The smallest absolute Gasteiger partial charge is 0.352 e. The van der Waals surface area contributed by atoms with Crippen LogP contribution in [0.5, 0.6) is 0 Å². The zero-order chi connectivity index (χ0) is 26.7. The first-order valence-electron chi connectivity index (χ1n) is 10.2. The van der Waals surface area contributed by atoms with Crippen molar-refractivity contribution in [3.8, 4) is 6.07 Å². The third-order valence-electron chi connectivity index (χ3n) is 4.94. The molecule has 4 rings (SSSR count). The van der Waals surface area contributed by atoms with Crippen molar-refractivity contribution in [3.63, 3.8) is 0 Å². The van der Waals surface area contributed by atoms with Crippen molar-refractivity contribution in [1.29, 1.82) is 5.26 Å². The lowest BCUT2D eigenvalue weighted by Crippen LogP contribution is -2.71. The largest absolute Gasteiger partial charge is 0.477 e. The van der Waals surface area contributed by atoms with Crippen molar-refractivity contribution in [2.45, 2.75) is 16.4 Å². The number of oxime groups is 1. The van der Waals surface area contributed by atoms with Gasteiger partial charge >= 0.3 is 5.97 Å². The molecule has 37 heavy (non-hydrogen) atoms. The van der Waals surface area contributed by atoms with Gasteiger partial charge in [0.15, 0.2) is 10.8 Å². The first-order valence-corrected chi connectivity index (χ1v) is 13.1. The molecule has 192 valence electrons. The van der Waals surface area contributed by atoms with Crippen LogP contribution in [0.4, 0.5) is 16.9 Å². The summed E-state index contributed by atoms with van der Waals surface area (Å²) in [6.07, 6.45) is 0. The van der Waals surface area contributed by atoms with Gasteiger partial charge in [-0.25, -0.2) is 14.8 Å². The molecule has 18 heteroatoms. The third kappa shape index (κ3) is 5.52. The van der Waals surface area contributed by atoms with E-state index in [9.17, 15) is 19.5 Å². The average molecular weight is 563 g/mol. The van der Waals surface area contributed by atoms with E-state index < -0.39 is 35.8 Å². The van der Waals surface area contributed by atoms with Gasteiger partial charge in [0, 0.05) is 23.0 Å². The van der Waals surface area contributed by atoms with E-state index in [0.717, 1.165) is 16.2 Å². The predicted molar refractivity (Wildman–Crippen MR) is 136 cm³/mol. The molecule has 1 unspecified atom stereocenters. The van der Waals surface area contributed by atoms with Crippen LogP contribution in [0.3, 0.4) is 0 Å². The molecule has 0 aromatic carbocycles. The van der Waals surface area contributed by atoms with E-state index in [-0.39, 0.29) is 39.8 Å². The average Bonchev–Trinajstić information content (AvgIpc) is 3.28. The Kier molecular flexibility index (Phi) is 7.66. The van der Waals surface area contributed by atoms with Crippen LogP contribution in [0, 0.1) is 11.3 Å². The molecule has 1 fully saturated rings. The number of thioether (sulfide) groups is 2. The van der Waals surface area contributed by atoms with E-state index in [4.69, 9.17) is 27.3 Å². The summed E-state index contributed by atoms with van der Waals surface area (Å²) >= 11 is 3.57. The minimum atomic E-state index is -1.27. The number of rotatable bonds is 9. The number of aromatic nitrogens is 3. The molecule has 2 aromatic rings. The molecule has 1 saturated heterocycles. The number of fused-ring (bicyclic) bond motifs is 1. The lowest BCUT2D eigenvalue weighted by Gasteiger charge is -2.49. The second-order valence-corrected chi connectivity index (χ2v) is 10.3. The Morgan fingerprint density at radius 1 is 1.35 bits per heavy atom. The van der Waals surface area contributed by atoms with Gasteiger partial charge in [-0.15, -0.1) is 34.9 Å². The van der Waals surface area contributed by atoms with Crippen LogP contribution in [0.1, 0.15) is 5.69 Å². The number of nitriles is 1.